The summed E-state index contributed by atoms with van der Waals surface area (Å²) < 4.78 is 7.76. The Bertz CT molecular complexity index is 1020. The van der Waals surface area contributed by atoms with Crippen molar-refractivity contribution >= 4 is 35.3 Å². The molecule has 0 aliphatic carbocycles. The number of aliphatic hydroxyl groups is 3. The van der Waals surface area contributed by atoms with E-state index in [9.17, 15) is 15.3 Å². The van der Waals surface area contributed by atoms with Crippen LogP contribution < -0.4 is 5.43 Å². The molecule has 0 unspecified atom stereocenters. The van der Waals surface area contributed by atoms with Crippen molar-refractivity contribution in [2.75, 3.05) is 7.05 Å². The van der Waals surface area contributed by atoms with E-state index in [0.29, 0.717) is 22.8 Å². The van der Waals surface area contributed by atoms with Gasteiger partial charge in [0.25, 0.3) is 0 Å². The monoisotopic (exact) mass is 452 g/mol. The van der Waals surface area contributed by atoms with Gasteiger partial charge in [-0.2, -0.15) is 5.10 Å². The Morgan fingerprint density at radius 3 is 2.80 bits per heavy atom. The van der Waals surface area contributed by atoms with Crippen LogP contribution in [0.1, 0.15) is 36.1 Å². The number of rotatable bonds is 4. The Labute approximate surface area is 183 Å². The normalized spacial score (nSPS) is 30.5. The molecule has 2 aromatic rings. The van der Waals surface area contributed by atoms with E-state index in [4.69, 9.17) is 27.9 Å². The highest BCUT2D eigenvalue weighted by molar-refractivity contribution is 6.42. The number of hydrazone groups is 1. The van der Waals surface area contributed by atoms with Gasteiger partial charge in [0.15, 0.2) is 12.1 Å². The number of hydrogen-bond acceptors (Lipinski definition) is 6. The van der Waals surface area contributed by atoms with E-state index in [2.05, 4.69) is 15.5 Å². The second-order valence-corrected chi connectivity index (χ2v) is 8.31. The molecule has 0 radical (unpaired) electrons. The van der Waals surface area contributed by atoms with Gasteiger partial charge >= 0.3 is 0 Å². The largest absolute Gasteiger partial charge is 0.386 e. The van der Waals surface area contributed by atoms with Crippen LogP contribution in [0.5, 0.6) is 0 Å². The first-order valence-corrected chi connectivity index (χ1v) is 10.2. The van der Waals surface area contributed by atoms with Crippen LogP contribution in [0.25, 0.3) is 0 Å². The maximum Gasteiger partial charge on any atom is 0.180 e. The molecular formula is C20H22Cl2N4O4. The topological polar surface area (TPSA) is 112 Å². The summed E-state index contributed by atoms with van der Waals surface area (Å²) in [5.41, 5.74) is 3.06. The maximum atomic E-state index is 11.0. The first kappa shape index (κ1) is 21.3. The second kappa shape index (κ2) is 7.96. The number of nitrogens with zero attached hydrogens (tertiary/aromatic N) is 3. The molecule has 0 saturated carbocycles. The standard InChI is InChI=1S/C20H22Cl2N4O4/c1-20(29)16(28)19(26-8-6-11-14(26)5-7-24-18(11)25-23-2)30-17(20)15(27)10-3-4-12(21)13(22)9-10/h3-4,6-9,15-17,19,23,27-29H,5H2,1-2H3/b25-18+/t15-,16+,17-,19-,20+/m1/s1. The van der Waals surface area contributed by atoms with Gasteiger partial charge in [-0.15, -0.1) is 0 Å². The van der Waals surface area contributed by atoms with E-state index < -0.39 is 30.1 Å². The van der Waals surface area contributed by atoms with Crippen molar-refractivity contribution in [1.29, 1.82) is 0 Å². The fraction of sp³-hybridized carbons (Fsp3) is 0.400. The third kappa shape index (κ3) is 3.43. The smallest absolute Gasteiger partial charge is 0.180 e. The van der Waals surface area contributed by atoms with E-state index in [-0.39, 0.29) is 5.02 Å². The molecule has 0 bridgehead atoms. The summed E-state index contributed by atoms with van der Waals surface area (Å²) in [7, 11) is 1.68. The van der Waals surface area contributed by atoms with Gasteiger partial charge in [-0.25, -0.2) is 4.99 Å². The van der Waals surface area contributed by atoms with E-state index >= 15 is 0 Å². The lowest BCUT2D eigenvalue weighted by Crippen LogP contribution is -2.47. The summed E-state index contributed by atoms with van der Waals surface area (Å²) in [6.45, 7) is 1.44. The van der Waals surface area contributed by atoms with Crippen molar-refractivity contribution in [2.45, 2.75) is 43.5 Å². The van der Waals surface area contributed by atoms with Gasteiger partial charge in [0, 0.05) is 37.1 Å². The van der Waals surface area contributed by atoms with Crippen LogP contribution >= 0.6 is 23.2 Å². The van der Waals surface area contributed by atoms with Crippen molar-refractivity contribution in [3.63, 3.8) is 0 Å². The molecule has 1 aromatic heterocycles. The number of nitrogens with one attached hydrogen (secondary N) is 1. The van der Waals surface area contributed by atoms with Gasteiger partial charge in [-0.05, 0) is 30.7 Å². The summed E-state index contributed by atoms with van der Waals surface area (Å²) >= 11 is 12.0. The number of ether oxygens (including phenoxy) is 1. The molecule has 30 heavy (non-hydrogen) atoms. The van der Waals surface area contributed by atoms with E-state index in [1.807, 2.05) is 6.07 Å². The molecular weight excluding hydrogens is 431 g/mol. The third-order valence-electron chi connectivity index (χ3n) is 5.56. The van der Waals surface area contributed by atoms with Crippen molar-refractivity contribution < 1.29 is 20.1 Å². The average Bonchev–Trinajstić information content (AvgIpc) is 3.24. The predicted octanol–water partition coefficient (Wildman–Crippen LogP) is 2.05. The fourth-order valence-corrected chi connectivity index (χ4v) is 4.23. The highest BCUT2D eigenvalue weighted by atomic mass is 35.5. The molecule has 4 N–H and O–H groups in total. The number of benzene rings is 1. The van der Waals surface area contributed by atoms with Gasteiger partial charge in [0.2, 0.25) is 0 Å². The molecule has 10 heteroatoms. The Hall–Kier alpha value is -1.94. The number of aliphatic imine (C=N–C) groups is 1. The summed E-state index contributed by atoms with van der Waals surface area (Å²) in [6, 6.07) is 6.51. The minimum absolute atomic E-state index is 0.276. The molecule has 1 fully saturated rings. The van der Waals surface area contributed by atoms with Crippen LogP contribution in [-0.2, 0) is 11.2 Å². The van der Waals surface area contributed by atoms with Crippen molar-refractivity contribution in [2.24, 2.45) is 10.1 Å². The Kier molecular flexibility index (Phi) is 5.65. The zero-order valence-corrected chi connectivity index (χ0v) is 17.8. The molecule has 0 spiro atoms. The molecule has 2 aliphatic rings. The van der Waals surface area contributed by atoms with Crippen LogP contribution in [0.4, 0.5) is 0 Å². The lowest BCUT2D eigenvalue weighted by Gasteiger charge is -2.29. The zero-order chi connectivity index (χ0) is 21.6. The molecule has 8 nitrogen and oxygen atoms in total. The van der Waals surface area contributed by atoms with Crippen molar-refractivity contribution in [1.82, 2.24) is 9.99 Å². The molecule has 1 aromatic carbocycles. The first-order chi connectivity index (χ1) is 14.3. The summed E-state index contributed by atoms with van der Waals surface area (Å²) in [5, 5.41) is 37.6. The number of hydrogen-bond donors (Lipinski definition) is 4. The molecule has 5 atom stereocenters. The van der Waals surface area contributed by atoms with Crippen LogP contribution in [0, 0.1) is 0 Å². The van der Waals surface area contributed by atoms with Gasteiger partial charge < -0.3 is 30.0 Å². The molecule has 3 heterocycles. The Balaban J connectivity index is 1.67. The first-order valence-electron chi connectivity index (χ1n) is 9.41. The van der Waals surface area contributed by atoms with Crippen LogP contribution in [0.2, 0.25) is 10.0 Å². The molecule has 160 valence electrons. The van der Waals surface area contributed by atoms with Crippen LogP contribution in [-0.4, -0.2) is 56.8 Å². The summed E-state index contributed by atoms with van der Waals surface area (Å²) in [6.07, 6.45) is -0.550. The highest BCUT2D eigenvalue weighted by Gasteiger charge is 2.56. The number of aromatic nitrogens is 1. The van der Waals surface area contributed by atoms with Gasteiger partial charge in [-0.3, -0.25) is 0 Å². The SMILES string of the molecule is CN/N=C1/N=CCc2c1ccn2[C@@H]1O[C@H]([C@H](O)c2ccc(Cl)c(Cl)c2)[C@@](C)(O)[C@H]1O. The van der Waals surface area contributed by atoms with Gasteiger partial charge in [0.1, 0.15) is 23.9 Å². The molecule has 4 rings (SSSR count). The van der Waals surface area contributed by atoms with Gasteiger partial charge in [-0.1, -0.05) is 29.3 Å². The third-order valence-corrected chi connectivity index (χ3v) is 6.30. The lowest BCUT2D eigenvalue weighted by molar-refractivity contribution is -0.115. The van der Waals surface area contributed by atoms with Gasteiger partial charge in [0.05, 0.1) is 10.0 Å². The molecule has 0 amide bonds. The number of halogens is 2. The van der Waals surface area contributed by atoms with Crippen LogP contribution in [0.3, 0.4) is 0 Å². The summed E-state index contributed by atoms with van der Waals surface area (Å²) in [4.78, 5) is 4.28. The van der Waals surface area contributed by atoms with E-state index in [1.165, 1.54) is 13.0 Å². The van der Waals surface area contributed by atoms with Crippen molar-refractivity contribution in [3.05, 3.63) is 57.3 Å². The van der Waals surface area contributed by atoms with Crippen molar-refractivity contribution in [3.8, 4) is 0 Å². The summed E-state index contributed by atoms with van der Waals surface area (Å²) in [5.74, 6) is 0.518. The second-order valence-electron chi connectivity index (χ2n) is 7.49. The minimum atomic E-state index is -1.72. The minimum Gasteiger partial charge on any atom is -0.386 e. The maximum absolute atomic E-state index is 11.0. The Morgan fingerprint density at radius 1 is 1.33 bits per heavy atom. The van der Waals surface area contributed by atoms with E-state index in [0.717, 1.165) is 11.3 Å². The lowest BCUT2D eigenvalue weighted by atomic mass is 9.88. The molecule has 2 aliphatic heterocycles. The zero-order valence-electron chi connectivity index (χ0n) is 16.3. The quantitative estimate of drug-likeness (QED) is 0.530. The highest BCUT2D eigenvalue weighted by Crippen LogP contribution is 2.44. The fourth-order valence-electron chi connectivity index (χ4n) is 3.92. The predicted molar refractivity (Wildman–Crippen MR) is 114 cm³/mol. The number of amidine groups is 1. The number of aliphatic hydroxyl groups excluding tert-OH is 2. The number of fused-ring (bicyclic) bond motifs is 1. The average molecular weight is 453 g/mol. The Morgan fingerprint density at radius 2 is 2.10 bits per heavy atom. The van der Waals surface area contributed by atoms with E-state index in [1.54, 1.807) is 36.2 Å². The molecule has 1 saturated heterocycles. The van der Waals surface area contributed by atoms with Crippen LogP contribution in [0.15, 0.2) is 40.6 Å².